The van der Waals surface area contributed by atoms with Gasteiger partial charge < -0.3 is 10.6 Å². The highest BCUT2D eigenvalue weighted by Gasteiger charge is 2.31. The lowest BCUT2D eigenvalue weighted by molar-refractivity contribution is -0.385. The SMILES string of the molecule is CCNc1nc(C)c([N+](=O)[O-])c(NC(C)CC(F)(F)F)n1. The Labute approximate surface area is 119 Å². The predicted octanol–water partition coefficient (Wildman–Crippen LogP) is 2.88. The Morgan fingerprint density at radius 3 is 2.48 bits per heavy atom. The molecule has 2 N–H and O–H groups in total. The molecule has 7 nitrogen and oxygen atoms in total. The molecule has 1 heterocycles. The Bertz CT molecular complexity index is 521. The highest BCUT2D eigenvalue weighted by atomic mass is 19.4. The minimum Gasteiger partial charge on any atom is -0.361 e. The zero-order valence-electron chi connectivity index (χ0n) is 11.8. The molecule has 0 aliphatic carbocycles. The van der Waals surface area contributed by atoms with Crippen LogP contribution in [0.1, 0.15) is 26.0 Å². The fourth-order valence-electron chi connectivity index (χ4n) is 1.76. The first-order valence-electron chi connectivity index (χ1n) is 6.24. The molecule has 0 saturated carbocycles. The van der Waals surface area contributed by atoms with Crippen LogP contribution >= 0.6 is 0 Å². The second-order valence-corrected chi connectivity index (χ2v) is 4.48. The van der Waals surface area contributed by atoms with Crippen LogP contribution in [0.5, 0.6) is 0 Å². The van der Waals surface area contributed by atoms with Crippen molar-refractivity contribution in [3.8, 4) is 0 Å². The molecule has 21 heavy (non-hydrogen) atoms. The van der Waals surface area contributed by atoms with E-state index in [2.05, 4.69) is 20.6 Å². The number of hydrogen-bond acceptors (Lipinski definition) is 6. The second-order valence-electron chi connectivity index (χ2n) is 4.48. The van der Waals surface area contributed by atoms with Gasteiger partial charge in [0.1, 0.15) is 5.69 Å². The van der Waals surface area contributed by atoms with E-state index in [4.69, 9.17) is 0 Å². The van der Waals surface area contributed by atoms with Gasteiger partial charge >= 0.3 is 11.9 Å². The number of nitrogens with one attached hydrogen (secondary N) is 2. The number of rotatable bonds is 6. The molecule has 1 unspecified atom stereocenters. The zero-order chi connectivity index (χ0) is 16.2. The van der Waals surface area contributed by atoms with Crippen molar-refractivity contribution in [1.82, 2.24) is 9.97 Å². The van der Waals surface area contributed by atoms with Crippen molar-refractivity contribution < 1.29 is 18.1 Å². The number of nitro groups is 1. The molecule has 1 atom stereocenters. The Balaban J connectivity index is 3.10. The van der Waals surface area contributed by atoms with E-state index in [0.29, 0.717) is 6.54 Å². The van der Waals surface area contributed by atoms with E-state index in [1.165, 1.54) is 13.8 Å². The third kappa shape index (κ3) is 5.04. The maximum Gasteiger partial charge on any atom is 0.391 e. The average Bonchev–Trinajstić information content (AvgIpc) is 2.24. The van der Waals surface area contributed by atoms with Crippen LogP contribution in [0.3, 0.4) is 0 Å². The van der Waals surface area contributed by atoms with E-state index in [0.717, 1.165) is 0 Å². The molecule has 0 spiro atoms. The first-order valence-corrected chi connectivity index (χ1v) is 6.24. The topological polar surface area (TPSA) is 93.0 Å². The monoisotopic (exact) mass is 307 g/mol. The number of anilines is 2. The van der Waals surface area contributed by atoms with Gasteiger partial charge in [0.2, 0.25) is 11.8 Å². The maximum absolute atomic E-state index is 12.3. The summed E-state index contributed by atoms with van der Waals surface area (Å²) >= 11 is 0. The molecular weight excluding hydrogens is 291 g/mol. The van der Waals surface area contributed by atoms with Gasteiger partial charge in [0.15, 0.2) is 0 Å². The molecule has 0 saturated heterocycles. The third-order valence-corrected chi connectivity index (χ3v) is 2.50. The van der Waals surface area contributed by atoms with Gasteiger partial charge in [0.05, 0.1) is 11.3 Å². The molecule has 1 aromatic heterocycles. The van der Waals surface area contributed by atoms with E-state index in [1.807, 2.05) is 0 Å². The lowest BCUT2D eigenvalue weighted by Gasteiger charge is -2.17. The van der Waals surface area contributed by atoms with Crippen LogP contribution in [-0.2, 0) is 0 Å². The van der Waals surface area contributed by atoms with E-state index in [-0.39, 0.29) is 17.5 Å². The summed E-state index contributed by atoms with van der Waals surface area (Å²) in [7, 11) is 0. The molecule has 1 aromatic rings. The summed E-state index contributed by atoms with van der Waals surface area (Å²) < 4.78 is 37.0. The molecule has 1 rings (SSSR count). The largest absolute Gasteiger partial charge is 0.391 e. The van der Waals surface area contributed by atoms with Crippen LogP contribution < -0.4 is 10.6 Å². The summed E-state index contributed by atoms with van der Waals surface area (Å²) in [5.41, 5.74) is -0.349. The minimum absolute atomic E-state index is 0.0765. The molecule has 0 aromatic carbocycles. The van der Waals surface area contributed by atoms with Crippen molar-refractivity contribution in [2.24, 2.45) is 0 Å². The van der Waals surface area contributed by atoms with Gasteiger partial charge in [-0.15, -0.1) is 0 Å². The molecule has 0 amide bonds. The third-order valence-electron chi connectivity index (χ3n) is 2.50. The van der Waals surface area contributed by atoms with Crippen LogP contribution in [-0.4, -0.2) is 33.7 Å². The second kappa shape index (κ2) is 6.55. The smallest absolute Gasteiger partial charge is 0.361 e. The van der Waals surface area contributed by atoms with Gasteiger partial charge in [0, 0.05) is 12.6 Å². The van der Waals surface area contributed by atoms with Gasteiger partial charge in [-0.05, 0) is 20.8 Å². The lowest BCUT2D eigenvalue weighted by atomic mass is 10.2. The highest BCUT2D eigenvalue weighted by molar-refractivity contribution is 5.61. The normalized spacial score (nSPS) is 12.9. The van der Waals surface area contributed by atoms with Crippen LogP contribution in [0, 0.1) is 17.0 Å². The van der Waals surface area contributed by atoms with Crippen LogP contribution in [0.2, 0.25) is 0 Å². The van der Waals surface area contributed by atoms with Crippen molar-refractivity contribution in [2.75, 3.05) is 17.2 Å². The Morgan fingerprint density at radius 1 is 1.38 bits per heavy atom. The van der Waals surface area contributed by atoms with Crippen molar-refractivity contribution in [3.63, 3.8) is 0 Å². The quantitative estimate of drug-likeness (QED) is 0.620. The van der Waals surface area contributed by atoms with Crippen LogP contribution in [0.25, 0.3) is 0 Å². The summed E-state index contributed by atoms with van der Waals surface area (Å²) in [6.07, 6.45) is -5.49. The molecule has 0 bridgehead atoms. The van der Waals surface area contributed by atoms with Gasteiger partial charge in [0.25, 0.3) is 0 Å². The van der Waals surface area contributed by atoms with E-state index >= 15 is 0 Å². The first-order chi connectivity index (χ1) is 9.64. The number of nitrogens with zero attached hydrogens (tertiary/aromatic N) is 3. The van der Waals surface area contributed by atoms with E-state index < -0.39 is 29.2 Å². The Morgan fingerprint density at radius 2 is 2.00 bits per heavy atom. The summed E-state index contributed by atoms with van der Waals surface area (Å²) in [6.45, 7) is 4.94. The molecule has 0 radical (unpaired) electrons. The van der Waals surface area contributed by atoms with Crippen molar-refractivity contribution in [1.29, 1.82) is 0 Å². The summed E-state index contributed by atoms with van der Waals surface area (Å²) in [6, 6.07) is -1.05. The molecule has 0 aliphatic heterocycles. The van der Waals surface area contributed by atoms with Gasteiger partial charge in [-0.2, -0.15) is 18.2 Å². The van der Waals surface area contributed by atoms with Crippen molar-refractivity contribution in [3.05, 3.63) is 15.8 Å². The lowest BCUT2D eigenvalue weighted by Crippen LogP contribution is -2.25. The fraction of sp³-hybridized carbons (Fsp3) is 0.636. The zero-order valence-corrected chi connectivity index (χ0v) is 11.8. The van der Waals surface area contributed by atoms with Gasteiger partial charge in [-0.25, -0.2) is 4.98 Å². The molecular formula is C11H16F3N5O2. The maximum atomic E-state index is 12.3. The number of aromatic nitrogens is 2. The number of aryl methyl sites for hydroxylation is 1. The minimum atomic E-state index is -4.37. The van der Waals surface area contributed by atoms with Crippen LogP contribution in [0.4, 0.5) is 30.6 Å². The molecule has 0 aliphatic rings. The predicted molar refractivity (Wildman–Crippen MR) is 71.3 cm³/mol. The van der Waals surface area contributed by atoms with Crippen molar-refractivity contribution >= 4 is 17.5 Å². The number of alkyl halides is 3. The number of hydrogen-bond donors (Lipinski definition) is 2. The Kier molecular flexibility index (Phi) is 5.28. The summed E-state index contributed by atoms with van der Waals surface area (Å²) in [4.78, 5) is 18.1. The Hall–Kier alpha value is -2.13. The van der Waals surface area contributed by atoms with Crippen LogP contribution in [0.15, 0.2) is 0 Å². The number of halogens is 3. The highest BCUT2D eigenvalue weighted by Crippen LogP contribution is 2.29. The molecule has 118 valence electrons. The van der Waals surface area contributed by atoms with Crippen molar-refractivity contribution in [2.45, 2.75) is 39.4 Å². The van der Waals surface area contributed by atoms with Gasteiger partial charge in [-0.3, -0.25) is 10.1 Å². The standard InChI is InChI=1S/C11H16F3N5O2/c1-4-15-10-17-7(3)8(19(20)21)9(18-10)16-6(2)5-11(12,13)14/h6H,4-5H2,1-3H3,(H2,15,16,17,18). The van der Waals surface area contributed by atoms with E-state index in [1.54, 1.807) is 6.92 Å². The summed E-state index contributed by atoms with van der Waals surface area (Å²) in [5.74, 6) is -0.0949. The molecule has 10 heteroatoms. The fourth-order valence-corrected chi connectivity index (χ4v) is 1.76. The average molecular weight is 307 g/mol. The van der Waals surface area contributed by atoms with E-state index in [9.17, 15) is 23.3 Å². The first kappa shape index (κ1) is 16.9. The molecule has 0 fully saturated rings. The van der Waals surface area contributed by atoms with Gasteiger partial charge in [-0.1, -0.05) is 0 Å². The summed E-state index contributed by atoms with van der Waals surface area (Å²) in [5, 5.41) is 16.2.